The Hall–Kier alpha value is -3.57. The monoisotopic (exact) mass is 333 g/mol. The Labute approximate surface area is 134 Å². The Balaban J connectivity index is 1.61. The molecule has 2 aromatic rings. The topological polar surface area (TPSA) is 147 Å². The van der Waals surface area contributed by atoms with Gasteiger partial charge in [0.05, 0.1) is 15.9 Å². The highest BCUT2D eigenvalue weighted by Gasteiger charge is 2.17. The minimum Gasteiger partial charge on any atom is -0.454 e. The normalized spacial score (nSPS) is 13.0. The zero-order valence-corrected chi connectivity index (χ0v) is 12.4. The summed E-state index contributed by atoms with van der Waals surface area (Å²) in [4.78, 5) is 22.8. The molecule has 1 aliphatic rings. The summed E-state index contributed by atoms with van der Waals surface area (Å²) >= 11 is 0. The van der Waals surface area contributed by atoms with Crippen molar-refractivity contribution in [3.8, 4) is 11.5 Å². The highest BCUT2D eigenvalue weighted by molar-refractivity contribution is 5.95. The van der Waals surface area contributed by atoms with Crippen LogP contribution >= 0.6 is 0 Å². The van der Waals surface area contributed by atoms with Crippen LogP contribution in [0.4, 0.5) is 5.95 Å². The summed E-state index contributed by atoms with van der Waals surface area (Å²) < 4.78 is 10.4. The van der Waals surface area contributed by atoms with E-state index in [-0.39, 0.29) is 13.3 Å². The Kier molecular flexibility index (Phi) is 4.01. The van der Waals surface area contributed by atoms with Crippen LogP contribution in [0.2, 0.25) is 0 Å². The van der Waals surface area contributed by atoms with Crippen molar-refractivity contribution in [3.63, 3.8) is 0 Å². The molecule has 0 spiro atoms. The average Bonchev–Trinajstić information content (AvgIpc) is 3.20. The van der Waals surface area contributed by atoms with Crippen LogP contribution in [-0.2, 0) is 6.54 Å². The van der Waals surface area contributed by atoms with Gasteiger partial charge >= 0.3 is 5.95 Å². The van der Waals surface area contributed by atoms with Crippen LogP contribution in [0, 0.1) is 10.1 Å². The number of tetrazole rings is 1. The third-order valence-electron chi connectivity index (χ3n) is 2.96. The first-order valence-corrected chi connectivity index (χ1v) is 6.68. The zero-order chi connectivity index (χ0) is 17.1. The number of hydrogen-bond acceptors (Lipinski definition) is 9. The number of nitrogens with one attached hydrogen (secondary N) is 1. The third-order valence-corrected chi connectivity index (χ3v) is 2.96. The first-order valence-electron chi connectivity index (χ1n) is 6.68. The maximum atomic E-state index is 12.0. The number of ether oxygens (including phenoxy) is 2. The van der Waals surface area contributed by atoms with E-state index in [0.29, 0.717) is 22.8 Å². The number of hydrazone groups is 1. The zero-order valence-electron chi connectivity index (χ0n) is 12.4. The second-order valence-electron chi connectivity index (χ2n) is 4.73. The lowest BCUT2D eigenvalue weighted by molar-refractivity contribution is -0.394. The third kappa shape index (κ3) is 3.26. The van der Waals surface area contributed by atoms with Gasteiger partial charge < -0.3 is 19.6 Å². The van der Waals surface area contributed by atoms with E-state index >= 15 is 0 Å². The molecule has 3 rings (SSSR count). The summed E-state index contributed by atoms with van der Waals surface area (Å²) in [5, 5.41) is 24.7. The van der Waals surface area contributed by atoms with Crippen molar-refractivity contribution in [1.82, 2.24) is 25.6 Å². The minimum absolute atomic E-state index is 0.0439. The van der Waals surface area contributed by atoms with E-state index in [1.54, 1.807) is 25.1 Å². The second kappa shape index (κ2) is 6.28. The molecule has 1 N–H and O–H groups in total. The Morgan fingerprint density at radius 1 is 1.46 bits per heavy atom. The molecule has 0 fully saturated rings. The summed E-state index contributed by atoms with van der Waals surface area (Å²) in [6.45, 7) is 1.77. The van der Waals surface area contributed by atoms with E-state index in [1.165, 1.54) is 0 Å². The number of carbonyl (C=O) groups is 1. The Morgan fingerprint density at radius 2 is 2.25 bits per heavy atom. The van der Waals surface area contributed by atoms with Crippen LogP contribution < -0.4 is 14.9 Å². The Morgan fingerprint density at radius 3 is 3.00 bits per heavy atom. The molecule has 124 valence electrons. The summed E-state index contributed by atoms with van der Waals surface area (Å²) in [6, 6.07) is 4.76. The van der Waals surface area contributed by atoms with Gasteiger partial charge in [-0.2, -0.15) is 5.10 Å². The average molecular weight is 333 g/mol. The van der Waals surface area contributed by atoms with Gasteiger partial charge in [-0.1, -0.05) is 4.80 Å². The lowest BCUT2D eigenvalue weighted by atomic mass is 10.2. The van der Waals surface area contributed by atoms with Gasteiger partial charge in [-0.05, 0) is 30.0 Å². The van der Waals surface area contributed by atoms with E-state index in [9.17, 15) is 14.9 Å². The van der Waals surface area contributed by atoms with E-state index in [2.05, 4.69) is 25.9 Å². The molecule has 1 aromatic carbocycles. The van der Waals surface area contributed by atoms with Crippen LogP contribution in [0.3, 0.4) is 0 Å². The van der Waals surface area contributed by atoms with Crippen LogP contribution in [0.15, 0.2) is 23.3 Å². The number of amides is 1. The number of nitro groups is 1. The first kappa shape index (κ1) is 15.3. The van der Waals surface area contributed by atoms with E-state index in [4.69, 9.17) is 9.47 Å². The predicted octanol–water partition coefficient (Wildman–Crippen LogP) is 0.116. The van der Waals surface area contributed by atoms with Gasteiger partial charge in [-0.3, -0.25) is 4.79 Å². The fourth-order valence-electron chi connectivity index (χ4n) is 1.86. The fraction of sp³-hybridized carbons (Fsp3) is 0.250. The lowest BCUT2D eigenvalue weighted by Gasteiger charge is -2.03. The number of hydrogen-bond donors (Lipinski definition) is 1. The highest BCUT2D eigenvalue weighted by atomic mass is 16.7. The summed E-state index contributed by atoms with van der Waals surface area (Å²) in [5.74, 6) is 0.0185. The lowest BCUT2D eigenvalue weighted by Crippen LogP contribution is -2.21. The number of rotatable bonds is 5. The van der Waals surface area contributed by atoms with Gasteiger partial charge in [0.1, 0.15) is 6.54 Å². The second-order valence-corrected chi connectivity index (χ2v) is 4.73. The van der Waals surface area contributed by atoms with E-state index in [0.717, 1.165) is 4.80 Å². The highest BCUT2D eigenvalue weighted by Crippen LogP contribution is 2.32. The van der Waals surface area contributed by atoms with Gasteiger partial charge in [0.25, 0.3) is 5.91 Å². The van der Waals surface area contributed by atoms with Crippen LogP contribution in [-0.4, -0.2) is 43.5 Å². The van der Waals surface area contributed by atoms with Gasteiger partial charge in [-0.25, -0.2) is 5.43 Å². The van der Waals surface area contributed by atoms with Crippen molar-refractivity contribution in [2.24, 2.45) is 5.10 Å². The molecular weight excluding hydrogens is 322 g/mol. The van der Waals surface area contributed by atoms with Crippen LogP contribution in [0.1, 0.15) is 17.3 Å². The fourth-order valence-corrected chi connectivity index (χ4v) is 1.86. The van der Waals surface area contributed by atoms with Crippen LogP contribution in [0.25, 0.3) is 0 Å². The van der Waals surface area contributed by atoms with Gasteiger partial charge in [-0.15, -0.1) is 0 Å². The SMILES string of the molecule is C/C(Cn1nnc([N+](=O)[O-])n1)=N\NC(=O)c1ccc2c(c1)OCO2. The molecule has 2 heterocycles. The summed E-state index contributed by atoms with van der Waals surface area (Å²) in [7, 11) is 0. The Bertz CT molecular complexity index is 831. The summed E-state index contributed by atoms with van der Waals surface area (Å²) in [6.07, 6.45) is 0. The van der Waals surface area contributed by atoms with Gasteiger partial charge in [0, 0.05) is 10.8 Å². The molecule has 12 heteroatoms. The minimum atomic E-state index is -0.753. The maximum Gasteiger partial charge on any atom is 0.514 e. The quantitative estimate of drug-likeness (QED) is 0.461. The number of nitrogens with zero attached hydrogens (tertiary/aromatic N) is 6. The van der Waals surface area contributed by atoms with Gasteiger partial charge in [0.15, 0.2) is 11.5 Å². The number of carbonyl (C=O) groups excluding carboxylic acids is 1. The predicted molar refractivity (Wildman–Crippen MR) is 77.6 cm³/mol. The molecule has 0 saturated carbocycles. The molecule has 1 amide bonds. The number of aromatic nitrogens is 4. The number of benzene rings is 1. The van der Waals surface area contributed by atoms with E-state index in [1.807, 2.05) is 0 Å². The molecule has 0 unspecified atom stereocenters. The number of fused-ring (bicyclic) bond motifs is 1. The molecule has 1 aromatic heterocycles. The van der Waals surface area contributed by atoms with Gasteiger partial charge in [0.2, 0.25) is 6.79 Å². The van der Waals surface area contributed by atoms with Crippen molar-refractivity contribution in [2.75, 3.05) is 6.79 Å². The molecule has 24 heavy (non-hydrogen) atoms. The largest absolute Gasteiger partial charge is 0.514 e. The smallest absolute Gasteiger partial charge is 0.454 e. The molecule has 0 aliphatic carbocycles. The van der Waals surface area contributed by atoms with Crippen LogP contribution in [0.5, 0.6) is 11.5 Å². The summed E-state index contributed by atoms with van der Waals surface area (Å²) in [5.41, 5.74) is 3.15. The van der Waals surface area contributed by atoms with Crippen molar-refractivity contribution in [3.05, 3.63) is 33.9 Å². The maximum absolute atomic E-state index is 12.0. The molecule has 0 atom stereocenters. The van der Waals surface area contributed by atoms with Crippen molar-refractivity contribution in [1.29, 1.82) is 0 Å². The molecule has 12 nitrogen and oxygen atoms in total. The van der Waals surface area contributed by atoms with Crippen molar-refractivity contribution in [2.45, 2.75) is 13.5 Å². The molecule has 0 saturated heterocycles. The van der Waals surface area contributed by atoms with Crippen molar-refractivity contribution >= 4 is 17.6 Å². The molecule has 1 aliphatic heterocycles. The van der Waals surface area contributed by atoms with Crippen molar-refractivity contribution < 1.29 is 19.2 Å². The standard InChI is InChI=1S/C12H11N7O5/c1-7(5-18-16-12(15-17-18)19(21)22)13-14-11(20)8-2-3-9-10(4-8)24-6-23-9/h2-4H,5-6H2,1H3,(H,14,20)/b13-7+. The first-order chi connectivity index (χ1) is 11.5. The van der Waals surface area contributed by atoms with E-state index < -0.39 is 16.8 Å². The molecular formula is C12H11N7O5. The molecule has 0 radical (unpaired) electrons. The molecule has 0 bridgehead atoms.